The molecule has 19 heteroatoms. The van der Waals surface area contributed by atoms with Gasteiger partial charge in [0, 0.05) is 26.3 Å². The Hall–Kier alpha value is -3.43. The lowest BCUT2D eigenvalue weighted by Gasteiger charge is -2.35. The van der Waals surface area contributed by atoms with Gasteiger partial charge in [-0.15, -0.1) is 0 Å². The van der Waals surface area contributed by atoms with Crippen molar-refractivity contribution in [1.29, 1.82) is 0 Å². The van der Waals surface area contributed by atoms with Crippen LogP contribution in [0.4, 0.5) is 4.79 Å². The molecule has 0 bridgehead atoms. The van der Waals surface area contributed by atoms with E-state index in [1.165, 1.54) is 20.2 Å². The molecule has 3 saturated heterocycles. The van der Waals surface area contributed by atoms with Gasteiger partial charge < -0.3 is 60.0 Å². The van der Waals surface area contributed by atoms with Crippen LogP contribution in [0.2, 0.25) is 0 Å². The second kappa shape index (κ2) is 15.6. The Morgan fingerprint density at radius 1 is 1.12 bits per heavy atom. The highest BCUT2D eigenvalue weighted by Crippen LogP contribution is 2.45. The third-order valence-corrected chi connectivity index (χ3v) is 7.87. The molecule has 1 aromatic rings. The molecule has 0 unspecified atom stereocenters. The van der Waals surface area contributed by atoms with E-state index < -0.39 is 102 Å². The molecule has 7 N–H and O–H groups in total. The molecule has 4 rings (SSSR count). The van der Waals surface area contributed by atoms with Crippen molar-refractivity contribution in [2.24, 2.45) is 11.5 Å². The van der Waals surface area contributed by atoms with Crippen molar-refractivity contribution < 1.29 is 52.3 Å². The first-order valence-electron chi connectivity index (χ1n) is 16.0. The van der Waals surface area contributed by atoms with E-state index in [1.807, 2.05) is 0 Å². The third-order valence-electron chi connectivity index (χ3n) is 7.87. The Bertz CT molecular complexity index is 1440. The maximum atomic E-state index is 13.1. The van der Waals surface area contributed by atoms with Crippen molar-refractivity contribution in [1.82, 2.24) is 20.2 Å². The predicted molar refractivity (Wildman–Crippen MR) is 168 cm³/mol. The van der Waals surface area contributed by atoms with Crippen LogP contribution in [0.3, 0.4) is 0 Å². The maximum absolute atomic E-state index is 13.1. The molecular formula is C30H48N6O13. The largest absolute Gasteiger partial charge is 0.457 e. The van der Waals surface area contributed by atoms with Crippen LogP contribution in [-0.2, 0) is 47.5 Å². The van der Waals surface area contributed by atoms with E-state index in [1.54, 1.807) is 34.6 Å². The molecule has 4 heterocycles. The van der Waals surface area contributed by atoms with Gasteiger partial charge in [0.25, 0.3) is 5.56 Å². The number of methoxy groups -OCH3 is 1. The van der Waals surface area contributed by atoms with Gasteiger partial charge >= 0.3 is 17.8 Å². The number of aromatic amines is 1. The normalized spacial score (nSPS) is 30.4. The molecule has 3 fully saturated rings. The van der Waals surface area contributed by atoms with Crippen LogP contribution < -0.4 is 33.3 Å². The molecule has 0 radical (unpaired) electrons. The standard InChI is InChI=1S/C30H48N6O13/c1-14(37)43-18-15(13-34-28(41)49-29(2,3)4)44-26(23(18)42-7)46-19(17(24(32)39)33-11-8-10-31)20-21-22(48-30(5,6)47-21)25(45-20)36-12-9-16(38)35-27(36)40/h9,12,15,17-23,25-26,33H,8,10-11,13,31H2,1-7H3,(H2,32,39)(H,34,41)(H,35,38,40)/t15-,17+,18-,19+,20-,21-,22-,23-,25-,26+/m1/s1. The van der Waals surface area contributed by atoms with Crippen molar-refractivity contribution in [2.45, 2.75) is 121 Å². The first-order chi connectivity index (χ1) is 22.9. The first-order valence-corrected chi connectivity index (χ1v) is 16.0. The van der Waals surface area contributed by atoms with E-state index in [9.17, 15) is 24.0 Å². The Kier molecular flexibility index (Phi) is 12.2. The zero-order chi connectivity index (χ0) is 36.3. The highest BCUT2D eigenvalue weighted by molar-refractivity contribution is 5.80. The van der Waals surface area contributed by atoms with Crippen LogP contribution in [0, 0.1) is 0 Å². The van der Waals surface area contributed by atoms with Crippen LogP contribution in [-0.4, -0.2) is 121 Å². The summed E-state index contributed by atoms with van der Waals surface area (Å²) >= 11 is 0. The van der Waals surface area contributed by atoms with Crippen molar-refractivity contribution in [3.63, 3.8) is 0 Å². The Morgan fingerprint density at radius 2 is 1.82 bits per heavy atom. The molecule has 0 saturated carbocycles. The number of H-pyrrole nitrogens is 1. The smallest absolute Gasteiger partial charge is 0.407 e. The first kappa shape index (κ1) is 38.4. The molecule has 0 aromatic carbocycles. The molecular weight excluding hydrogens is 652 g/mol. The quantitative estimate of drug-likeness (QED) is 0.107. The molecule has 0 spiro atoms. The van der Waals surface area contributed by atoms with Gasteiger partial charge in [-0.1, -0.05) is 0 Å². The number of primary amides is 1. The fraction of sp³-hybridized carbons (Fsp3) is 0.767. The second-order valence-electron chi connectivity index (χ2n) is 13.4. The van der Waals surface area contributed by atoms with Crippen LogP contribution in [0.15, 0.2) is 21.9 Å². The number of carbonyl (C=O) groups excluding carboxylic acids is 3. The van der Waals surface area contributed by atoms with Crippen molar-refractivity contribution >= 4 is 18.0 Å². The van der Waals surface area contributed by atoms with Crippen LogP contribution in [0.1, 0.15) is 54.2 Å². The fourth-order valence-electron chi connectivity index (χ4n) is 6.01. The third kappa shape index (κ3) is 9.43. The van der Waals surface area contributed by atoms with Gasteiger partial charge in [-0.2, -0.15) is 0 Å². The predicted octanol–water partition coefficient (Wildman–Crippen LogP) is -1.67. The lowest BCUT2D eigenvalue weighted by atomic mass is 9.98. The van der Waals surface area contributed by atoms with E-state index in [0.29, 0.717) is 13.0 Å². The lowest BCUT2D eigenvalue weighted by Crippen LogP contribution is -2.59. The van der Waals surface area contributed by atoms with Crippen molar-refractivity contribution in [2.75, 3.05) is 26.7 Å². The average molecular weight is 701 g/mol. The number of nitrogens with one attached hydrogen (secondary N) is 3. The molecule has 2 amide bonds. The van der Waals surface area contributed by atoms with E-state index >= 15 is 0 Å². The number of esters is 1. The van der Waals surface area contributed by atoms with Gasteiger partial charge in [0.15, 0.2) is 24.4 Å². The van der Waals surface area contributed by atoms with Crippen LogP contribution in [0.5, 0.6) is 0 Å². The number of hydrogen-bond acceptors (Lipinski definition) is 15. The summed E-state index contributed by atoms with van der Waals surface area (Å²) in [5, 5.41) is 5.67. The summed E-state index contributed by atoms with van der Waals surface area (Å²) in [5.74, 6) is -2.63. The maximum Gasteiger partial charge on any atom is 0.407 e. The number of nitrogens with two attached hydrogens (primary N) is 2. The monoisotopic (exact) mass is 700 g/mol. The fourth-order valence-corrected chi connectivity index (χ4v) is 6.01. The van der Waals surface area contributed by atoms with Crippen LogP contribution >= 0.6 is 0 Å². The molecule has 3 aliphatic rings. The number of hydrogen-bond donors (Lipinski definition) is 5. The molecule has 10 atom stereocenters. The highest BCUT2D eigenvalue weighted by atomic mass is 16.8. The van der Waals surface area contributed by atoms with Crippen molar-refractivity contribution in [3.05, 3.63) is 33.1 Å². The van der Waals surface area contributed by atoms with Crippen LogP contribution in [0.25, 0.3) is 0 Å². The summed E-state index contributed by atoms with van der Waals surface area (Å²) in [6.07, 6.45) is -8.88. The minimum absolute atomic E-state index is 0.168. The minimum atomic E-state index is -1.32. The number of amides is 2. The van der Waals surface area contributed by atoms with Gasteiger partial charge in [0.2, 0.25) is 5.91 Å². The SMILES string of the molecule is CO[C@H]1[C@H](O[C@H]([C@H]2O[C@@H](n3ccc(=O)[nH]c3=O)[C@@H]3OC(C)(C)O[C@H]23)[C@H](NCCCN)C(N)=O)O[C@H](CNC(=O)OC(C)(C)C)[C@H]1OC(C)=O. The molecule has 19 nitrogen and oxygen atoms in total. The zero-order valence-electron chi connectivity index (χ0n) is 28.7. The highest BCUT2D eigenvalue weighted by Gasteiger charge is 2.61. The Balaban J connectivity index is 1.70. The molecule has 49 heavy (non-hydrogen) atoms. The number of carbonyl (C=O) groups is 3. The number of nitrogens with zero attached hydrogens (tertiary/aromatic N) is 1. The summed E-state index contributed by atoms with van der Waals surface area (Å²) in [4.78, 5) is 64.6. The second-order valence-corrected chi connectivity index (χ2v) is 13.4. The summed E-state index contributed by atoms with van der Waals surface area (Å²) < 4.78 is 49.2. The Morgan fingerprint density at radius 3 is 2.41 bits per heavy atom. The summed E-state index contributed by atoms with van der Waals surface area (Å²) in [6, 6.07) is -0.0959. The number of rotatable bonds is 14. The van der Waals surface area contributed by atoms with Crippen molar-refractivity contribution in [3.8, 4) is 0 Å². The molecule has 1 aromatic heterocycles. The minimum Gasteiger partial charge on any atom is -0.457 e. The summed E-state index contributed by atoms with van der Waals surface area (Å²) in [7, 11) is 1.35. The molecule has 276 valence electrons. The zero-order valence-corrected chi connectivity index (χ0v) is 28.7. The van der Waals surface area contributed by atoms with E-state index in [2.05, 4.69) is 15.6 Å². The van der Waals surface area contributed by atoms with Gasteiger partial charge in [0.1, 0.15) is 48.3 Å². The summed E-state index contributed by atoms with van der Waals surface area (Å²) in [5.41, 5.74) is 9.46. The topological polar surface area (TPSA) is 256 Å². The number of alkyl carbamates (subject to hydrolysis) is 1. The van der Waals surface area contributed by atoms with Gasteiger partial charge in [0.05, 0.1) is 6.54 Å². The number of ether oxygens (including phenoxy) is 8. The van der Waals surface area contributed by atoms with Gasteiger partial charge in [-0.05, 0) is 54.1 Å². The summed E-state index contributed by atoms with van der Waals surface area (Å²) in [6.45, 7) is 10.1. The Labute approximate surface area is 282 Å². The number of aromatic nitrogens is 2. The molecule has 0 aliphatic carbocycles. The van der Waals surface area contributed by atoms with Gasteiger partial charge in [-0.25, -0.2) is 9.59 Å². The van der Waals surface area contributed by atoms with Gasteiger partial charge in [-0.3, -0.25) is 23.9 Å². The number of fused-ring (bicyclic) bond motifs is 1. The van der Waals surface area contributed by atoms with E-state index in [-0.39, 0.29) is 13.1 Å². The van der Waals surface area contributed by atoms with E-state index in [4.69, 9.17) is 49.4 Å². The van der Waals surface area contributed by atoms with E-state index in [0.717, 1.165) is 10.6 Å². The average Bonchev–Trinajstić information content (AvgIpc) is 3.59. The molecule has 3 aliphatic heterocycles. The lowest BCUT2D eigenvalue weighted by molar-refractivity contribution is -0.248.